The van der Waals surface area contributed by atoms with E-state index in [0.29, 0.717) is 5.89 Å². The lowest BCUT2D eigenvalue weighted by Gasteiger charge is -2.09. The summed E-state index contributed by atoms with van der Waals surface area (Å²) in [5.74, 6) is 0.648. The van der Waals surface area contributed by atoms with Crippen molar-refractivity contribution in [3.63, 3.8) is 0 Å². The Balaban J connectivity index is 1.30. The van der Waals surface area contributed by atoms with E-state index in [1.807, 2.05) is 36.4 Å². The highest BCUT2D eigenvalue weighted by Crippen LogP contribution is 2.33. The summed E-state index contributed by atoms with van der Waals surface area (Å²) >= 11 is 0. The van der Waals surface area contributed by atoms with Gasteiger partial charge in [-0.15, -0.1) is 0 Å². The molecule has 5 aromatic carbocycles. The molecule has 2 heterocycles. The number of aromatic nitrogens is 2. The lowest BCUT2D eigenvalue weighted by atomic mass is 10.0. The van der Waals surface area contributed by atoms with Crippen molar-refractivity contribution < 1.29 is 4.42 Å². The van der Waals surface area contributed by atoms with Crippen LogP contribution < -0.4 is 0 Å². The van der Waals surface area contributed by atoms with Crippen molar-refractivity contribution in [3.05, 3.63) is 121 Å². The second-order valence-corrected chi connectivity index (χ2v) is 8.48. The van der Waals surface area contributed by atoms with Crippen LogP contribution in [0.15, 0.2) is 126 Å². The van der Waals surface area contributed by atoms with Crippen LogP contribution in [0.5, 0.6) is 0 Å². The van der Waals surface area contributed by atoms with Gasteiger partial charge in [0.05, 0.1) is 11.0 Å². The van der Waals surface area contributed by atoms with Crippen LogP contribution in [0.25, 0.3) is 61.2 Å². The van der Waals surface area contributed by atoms with Crippen molar-refractivity contribution in [1.29, 1.82) is 0 Å². The van der Waals surface area contributed by atoms with Gasteiger partial charge in [-0.05, 0) is 59.7 Å². The first kappa shape index (κ1) is 18.9. The molecule has 0 unspecified atom stereocenters. The fraction of sp³-hybridized carbons (Fsp3) is 0. The molecular formula is C31H20N2O. The summed E-state index contributed by atoms with van der Waals surface area (Å²) in [4.78, 5) is 4.72. The van der Waals surface area contributed by atoms with E-state index in [0.717, 1.165) is 33.5 Å². The topological polar surface area (TPSA) is 31.0 Å². The monoisotopic (exact) mass is 436 g/mol. The van der Waals surface area contributed by atoms with E-state index < -0.39 is 0 Å². The molecule has 0 fully saturated rings. The molecule has 0 radical (unpaired) electrons. The Morgan fingerprint density at radius 1 is 0.529 bits per heavy atom. The molecule has 0 N–H and O–H groups in total. The zero-order valence-electron chi connectivity index (χ0n) is 18.3. The Morgan fingerprint density at radius 2 is 1.15 bits per heavy atom. The van der Waals surface area contributed by atoms with E-state index in [1.54, 1.807) is 0 Å². The molecule has 34 heavy (non-hydrogen) atoms. The molecule has 0 saturated heterocycles. The van der Waals surface area contributed by atoms with Crippen molar-refractivity contribution in [3.8, 4) is 28.3 Å². The molecule has 3 nitrogen and oxygen atoms in total. The normalized spacial score (nSPS) is 11.5. The van der Waals surface area contributed by atoms with E-state index in [9.17, 15) is 0 Å². The van der Waals surface area contributed by atoms with Crippen LogP contribution in [-0.2, 0) is 0 Å². The van der Waals surface area contributed by atoms with Crippen molar-refractivity contribution >= 4 is 32.9 Å². The molecule has 0 atom stereocenters. The molecule has 3 heteroatoms. The molecule has 0 bridgehead atoms. The van der Waals surface area contributed by atoms with E-state index in [1.165, 1.54) is 21.8 Å². The maximum Gasteiger partial charge on any atom is 0.227 e. The maximum atomic E-state index is 5.98. The first-order chi connectivity index (χ1) is 16.8. The van der Waals surface area contributed by atoms with Gasteiger partial charge in [-0.2, -0.15) is 0 Å². The average Bonchev–Trinajstić information content (AvgIpc) is 3.48. The zero-order chi connectivity index (χ0) is 22.5. The van der Waals surface area contributed by atoms with Crippen molar-refractivity contribution in [2.24, 2.45) is 0 Å². The molecule has 0 aliphatic carbocycles. The van der Waals surface area contributed by atoms with Crippen LogP contribution in [0.1, 0.15) is 0 Å². The van der Waals surface area contributed by atoms with Gasteiger partial charge in [-0.1, -0.05) is 72.8 Å². The highest BCUT2D eigenvalue weighted by molar-refractivity contribution is 6.09. The Kier molecular flexibility index (Phi) is 4.15. The Morgan fingerprint density at radius 3 is 1.85 bits per heavy atom. The average molecular weight is 437 g/mol. The summed E-state index contributed by atoms with van der Waals surface area (Å²) in [7, 11) is 0. The Labute approximate surface area is 196 Å². The van der Waals surface area contributed by atoms with E-state index >= 15 is 0 Å². The molecule has 160 valence electrons. The molecular weight excluding hydrogens is 416 g/mol. The van der Waals surface area contributed by atoms with Crippen molar-refractivity contribution in [1.82, 2.24) is 9.55 Å². The van der Waals surface area contributed by atoms with Gasteiger partial charge in [-0.3, -0.25) is 0 Å². The zero-order valence-corrected chi connectivity index (χ0v) is 18.3. The highest BCUT2D eigenvalue weighted by atomic mass is 16.3. The van der Waals surface area contributed by atoms with E-state index in [4.69, 9.17) is 9.40 Å². The minimum atomic E-state index is 0.648. The lowest BCUT2D eigenvalue weighted by Crippen LogP contribution is -1.93. The van der Waals surface area contributed by atoms with Crippen LogP contribution >= 0.6 is 0 Å². The van der Waals surface area contributed by atoms with Gasteiger partial charge in [0.1, 0.15) is 5.52 Å². The van der Waals surface area contributed by atoms with Gasteiger partial charge >= 0.3 is 0 Å². The summed E-state index contributed by atoms with van der Waals surface area (Å²) in [5.41, 5.74) is 8.49. The maximum absolute atomic E-state index is 5.98. The number of nitrogens with zero attached hydrogens (tertiary/aromatic N) is 2. The highest BCUT2D eigenvalue weighted by Gasteiger charge is 2.12. The van der Waals surface area contributed by atoms with Gasteiger partial charge in [0.25, 0.3) is 0 Å². The first-order valence-electron chi connectivity index (χ1n) is 11.4. The minimum Gasteiger partial charge on any atom is -0.436 e. The van der Waals surface area contributed by atoms with E-state index in [-0.39, 0.29) is 0 Å². The van der Waals surface area contributed by atoms with Gasteiger partial charge in [-0.25, -0.2) is 4.98 Å². The summed E-state index contributed by atoms with van der Waals surface area (Å²) in [6.45, 7) is 0. The molecule has 2 aromatic heterocycles. The molecule has 7 rings (SSSR count). The molecule has 7 aromatic rings. The number of oxazole rings is 1. The third-order valence-electron chi connectivity index (χ3n) is 6.45. The summed E-state index contributed by atoms with van der Waals surface area (Å²) < 4.78 is 8.32. The number of fused-ring (bicyclic) bond motifs is 4. The Bertz CT molecular complexity index is 1740. The SMILES string of the molecule is c1ccc(-c2nc3cc(-c4ccc(-n5c6ccccc6c6ccccc65)cc4)ccc3o2)cc1. The number of rotatable bonds is 3. The number of para-hydroxylation sites is 2. The number of hydrogen-bond donors (Lipinski definition) is 0. The largest absolute Gasteiger partial charge is 0.436 e. The smallest absolute Gasteiger partial charge is 0.227 e. The van der Waals surface area contributed by atoms with Crippen molar-refractivity contribution in [2.45, 2.75) is 0 Å². The van der Waals surface area contributed by atoms with Gasteiger partial charge in [0.2, 0.25) is 5.89 Å². The quantitative estimate of drug-likeness (QED) is 0.279. The molecule has 0 spiro atoms. The van der Waals surface area contributed by atoms with Crippen molar-refractivity contribution in [2.75, 3.05) is 0 Å². The summed E-state index contributed by atoms with van der Waals surface area (Å²) in [6.07, 6.45) is 0. The molecule has 0 amide bonds. The predicted molar refractivity (Wildman–Crippen MR) is 139 cm³/mol. The van der Waals surface area contributed by atoms with Crippen LogP contribution in [0, 0.1) is 0 Å². The third kappa shape index (κ3) is 2.95. The van der Waals surface area contributed by atoms with Gasteiger partial charge in [0.15, 0.2) is 5.58 Å². The second kappa shape index (κ2) is 7.46. The predicted octanol–water partition coefficient (Wildman–Crippen LogP) is 8.26. The van der Waals surface area contributed by atoms with Gasteiger partial charge < -0.3 is 8.98 Å². The molecule has 0 aliphatic rings. The Hall–Kier alpha value is -4.63. The second-order valence-electron chi connectivity index (χ2n) is 8.48. The molecule has 0 saturated carbocycles. The summed E-state index contributed by atoms with van der Waals surface area (Å²) in [5, 5.41) is 2.54. The van der Waals surface area contributed by atoms with Gasteiger partial charge in [0, 0.05) is 22.0 Å². The number of hydrogen-bond acceptors (Lipinski definition) is 2. The lowest BCUT2D eigenvalue weighted by molar-refractivity contribution is 0.620. The number of benzene rings is 5. The third-order valence-corrected chi connectivity index (χ3v) is 6.45. The summed E-state index contributed by atoms with van der Waals surface area (Å²) in [6, 6.07) is 42.1. The fourth-order valence-corrected chi connectivity index (χ4v) is 4.81. The first-order valence-corrected chi connectivity index (χ1v) is 11.4. The fourth-order valence-electron chi connectivity index (χ4n) is 4.81. The molecule has 0 aliphatic heterocycles. The van der Waals surface area contributed by atoms with Crippen LogP contribution in [0.2, 0.25) is 0 Å². The van der Waals surface area contributed by atoms with Crippen LogP contribution in [0.3, 0.4) is 0 Å². The van der Waals surface area contributed by atoms with Crippen LogP contribution in [0.4, 0.5) is 0 Å². The minimum absolute atomic E-state index is 0.648. The van der Waals surface area contributed by atoms with Crippen LogP contribution in [-0.4, -0.2) is 9.55 Å². The standard InChI is InChI=1S/C31H20N2O/c1-2-8-22(9-3-1)31-32-27-20-23(16-19-30(27)34-31)21-14-17-24(18-15-21)33-28-12-6-4-10-25(28)26-11-5-7-13-29(26)33/h1-20H. The van der Waals surface area contributed by atoms with E-state index in [2.05, 4.69) is 89.5 Å².